The number of thioether (sulfide) groups is 1. The fourth-order valence-electron chi connectivity index (χ4n) is 4.25. The van der Waals surface area contributed by atoms with Crippen molar-refractivity contribution in [2.45, 2.75) is 31.5 Å². The second kappa shape index (κ2) is 10.3. The average Bonchev–Trinajstić information content (AvgIpc) is 3.14. The highest BCUT2D eigenvalue weighted by Crippen LogP contribution is 2.29. The van der Waals surface area contributed by atoms with Gasteiger partial charge in [-0.2, -0.15) is 0 Å². The highest BCUT2D eigenvalue weighted by molar-refractivity contribution is 7.99. The number of ether oxygens (including phenoxy) is 1. The van der Waals surface area contributed by atoms with Crippen LogP contribution in [0.25, 0.3) is 22.1 Å². The van der Waals surface area contributed by atoms with E-state index >= 15 is 0 Å². The Balaban J connectivity index is 1.36. The Morgan fingerprint density at radius 1 is 1.15 bits per heavy atom. The lowest BCUT2D eigenvalue weighted by Crippen LogP contribution is -2.40. The molecule has 1 fully saturated rings. The number of carbonyl (C=O) groups is 1. The van der Waals surface area contributed by atoms with E-state index in [-0.39, 0.29) is 5.91 Å². The number of carbonyl (C=O) groups excluding carboxylic acids is 1. The van der Waals surface area contributed by atoms with Crippen molar-refractivity contribution in [3.05, 3.63) is 58.6 Å². The van der Waals surface area contributed by atoms with E-state index in [9.17, 15) is 4.79 Å². The average molecular weight is 496 g/mol. The zero-order valence-electron chi connectivity index (χ0n) is 19.0. The summed E-state index contributed by atoms with van der Waals surface area (Å²) >= 11 is 7.77. The van der Waals surface area contributed by atoms with Crippen LogP contribution in [0.4, 0.5) is 0 Å². The molecule has 0 bridgehead atoms. The number of fused-ring (bicyclic) bond motifs is 3. The van der Waals surface area contributed by atoms with Crippen molar-refractivity contribution in [2.24, 2.45) is 0 Å². The van der Waals surface area contributed by atoms with Crippen molar-refractivity contribution in [2.75, 3.05) is 32.1 Å². The van der Waals surface area contributed by atoms with Gasteiger partial charge in [0.2, 0.25) is 11.1 Å². The van der Waals surface area contributed by atoms with Crippen molar-refractivity contribution in [1.82, 2.24) is 24.6 Å². The van der Waals surface area contributed by atoms with Crippen LogP contribution in [0.5, 0.6) is 0 Å². The molecule has 176 valence electrons. The molecule has 0 spiro atoms. The quantitative estimate of drug-likeness (QED) is 0.273. The number of benzene rings is 2. The summed E-state index contributed by atoms with van der Waals surface area (Å²) in [7, 11) is 0. The molecule has 1 aliphatic heterocycles. The van der Waals surface area contributed by atoms with Crippen LogP contribution in [0.15, 0.2) is 47.6 Å². The molecular weight excluding hydrogens is 470 g/mol. The summed E-state index contributed by atoms with van der Waals surface area (Å²) in [6, 6.07) is 14.2. The molecule has 9 heteroatoms. The molecule has 2 aromatic heterocycles. The maximum atomic E-state index is 12.4. The van der Waals surface area contributed by atoms with E-state index in [2.05, 4.69) is 46.0 Å². The fourth-order valence-corrected chi connectivity index (χ4v) is 5.19. The number of halogens is 1. The van der Waals surface area contributed by atoms with Gasteiger partial charge < -0.3 is 14.2 Å². The first-order chi connectivity index (χ1) is 16.6. The van der Waals surface area contributed by atoms with Gasteiger partial charge in [-0.25, -0.2) is 4.98 Å². The Labute approximate surface area is 207 Å². The van der Waals surface area contributed by atoms with Gasteiger partial charge in [-0.05, 0) is 43.2 Å². The first-order valence-electron chi connectivity index (χ1n) is 11.4. The third-order valence-electron chi connectivity index (χ3n) is 5.96. The van der Waals surface area contributed by atoms with Gasteiger partial charge in [0.25, 0.3) is 0 Å². The molecule has 0 aliphatic carbocycles. The van der Waals surface area contributed by atoms with Crippen molar-refractivity contribution in [3.63, 3.8) is 0 Å². The lowest BCUT2D eigenvalue weighted by molar-refractivity contribution is -0.135. The van der Waals surface area contributed by atoms with Crippen LogP contribution in [0, 0.1) is 6.92 Å². The Hall–Kier alpha value is -2.68. The SMILES string of the molecule is Cc1ccc2c(c1)c1nnc(SCCCC(=O)N3CCOCC3)nc1n2Cc1cccc(Cl)c1. The van der Waals surface area contributed by atoms with Crippen LogP contribution in [0.1, 0.15) is 24.0 Å². The molecule has 0 unspecified atom stereocenters. The molecule has 4 aromatic rings. The molecule has 0 saturated carbocycles. The minimum absolute atomic E-state index is 0.190. The summed E-state index contributed by atoms with van der Waals surface area (Å²) in [5.41, 5.74) is 4.94. The molecule has 3 heterocycles. The van der Waals surface area contributed by atoms with Gasteiger partial charge in [0, 0.05) is 42.2 Å². The number of hydrogen-bond donors (Lipinski definition) is 0. The standard InChI is InChI=1S/C25H26ClN5O2S/c1-17-7-8-21-20(14-17)23-24(31(21)16-18-4-2-5-19(26)15-18)27-25(29-28-23)34-13-3-6-22(32)30-9-11-33-12-10-30/h2,4-5,7-8,14-15H,3,6,9-13,16H2,1H3. The van der Waals surface area contributed by atoms with Crippen LogP contribution >= 0.6 is 23.4 Å². The van der Waals surface area contributed by atoms with E-state index in [1.54, 1.807) is 0 Å². The van der Waals surface area contributed by atoms with Crippen LogP contribution in [0.3, 0.4) is 0 Å². The van der Waals surface area contributed by atoms with Crippen molar-refractivity contribution in [1.29, 1.82) is 0 Å². The van der Waals surface area contributed by atoms with Crippen molar-refractivity contribution in [3.8, 4) is 0 Å². The van der Waals surface area contributed by atoms with Gasteiger partial charge in [-0.15, -0.1) is 10.2 Å². The Morgan fingerprint density at radius 3 is 2.82 bits per heavy atom. The number of hydrogen-bond acceptors (Lipinski definition) is 6. The first kappa shape index (κ1) is 23.1. The van der Waals surface area contributed by atoms with Gasteiger partial charge in [-0.1, -0.05) is 47.1 Å². The summed E-state index contributed by atoms with van der Waals surface area (Å²) in [6.45, 7) is 5.34. The number of morpholine rings is 1. The second-order valence-electron chi connectivity index (χ2n) is 8.45. The van der Waals surface area contributed by atoms with Crippen LogP contribution in [-0.4, -0.2) is 62.6 Å². The highest BCUT2D eigenvalue weighted by Gasteiger charge is 2.18. The molecule has 0 atom stereocenters. The van der Waals surface area contributed by atoms with E-state index in [4.69, 9.17) is 21.3 Å². The summed E-state index contributed by atoms with van der Waals surface area (Å²) in [6.07, 6.45) is 1.30. The van der Waals surface area contributed by atoms with Gasteiger partial charge in [0.05, 0.1) is 18.7 Å². The van der Waals surface area contributed by atoms with Crippen LogP contribution in [0.2, 0.25) is 5.02 Å². The molecule has 1 saturated heterocycles. The van der Waals surface area contributed by atoms with E-state index in [1.165, 1.54) is 17.3 Å². The Morgan fingerprint density at radius 2 is 2.00 bits per heavy atom. The Bertz CT molecular complexity index is 1340. The smallest absolute Gasteiger partial charge is 0.222 e. The second-order valence-corrected chi connectivity index (χ2v) is 9.95. The van der Waals surface area contributed by atoms with E-state index in [1.807, 2.05) is 23.1 Å². The first-order valence-corrected chi connectivity index (χ1v) is 12.8. The third kappa shape index (κ3) is 5.04. The molecule has 2 aromatic carbocycles. The lowest BCUT2D eigenvalue weighted by atomic mass is 10.1. The van der Waals surface area contributed by atoms with Crippen LogP contribution in [-0.2, 0) is 16.1 Å². The largest absolute Gasteiger partial charge is 0.378 e. The third-order valence-corrected chi connectivity index (χ3v) is 7.12. The van der Waals surface area contributed by atoms with E-state index in [0.29, 0.717) is 49.4 Å². The summed E-state index contributed by atoms with van der Waals surface area (Å²) in [5.74, 6) is 0.951. The van der Waals surface area contributed by atoms with Crippen LogP contribution < -0.4 is 0 Å². The summed E-state index contributed by atoms with van der Waals surface area (Å²) in [4.78, 5) is 19.1. The van der Waals surface area contributed by atoms with Gasteiger partial charge >= 0.3 is 0 Å². The number of aryl methyl sites for hydroxylation is 1. The fraction of sp³-hybridized carbons (Fsp3) is 0.360. The number of aromatic nitrogens is 4. The van der Waals surface area contributed by atoms with Crippen molar-refractivity contribution >= 4 is 51.3 Å². The molecule has 34 heavy (non-hydrogen) atoms. The molecule has 5 rings (SSSR count). The van der Waals surface area contributed by atoms with E-state index in [0.717, 1.165) is 39.8 Å². The van der Waals surface area contributed by atoms with Gasteiger partial charge in [0.15, 0.2) is 5.65 Å². The predicted octanol–water partition coefficient (Wildman–Crippen LogP) is 4.72. The number of nitrogens with zero attached hydrogens (tertiary/aromatic N) is 5. The Kier molecular flexibility index (Phi) is 6.99. The number of rotatable bonds is 7. The minimum atomic E-state index is 0.190. The monoisotopic (exact) mass is 495 g/mol. The molecule has 0 radical (unpaired) electrons. The lowest BCUT2D eigenvalue weighted by Gasteiger charge is -2.26. The van der Waals surface area contributed by atoms with Gasteiger partial charge in [-0.3, -0.25) is 4.79 Å². The maximum absolute atomic E-state index is 12.4. The number of amides is 1. The molecule has 1 aliphatic rings. The topological polar surface area (TPSA) is 73.1 Å². The predicted molar refractivity (Wildman–Crippen MR) is 135 cm³/mol. The molecule has 0 N–H and O–H groups in total. The summed E-state index contributed by atoms with van der Waals surface area (Å²) < 4.78 is 7.50. The normalized spacial score (nSPS) is 14.2. The van der Waals surface area contributed by atoms with Crippen molar-refractivity contribution < 1.29 is 9.53 Å². The summed E-state index contributed by atoms with van der Waals surface area (Å²) in [5, 5.41) is 11.3. The van der Waals surface area contributed by atoms with E-state index < -0.39 is 0 Å². The zero-order valence-corrected chi connectivity index (χ0v) is 20.6. The van der Waals surface area contributed by atoms with Gasteiger partial charge in [0.1, 0.15) is 5.52 Å². The minimum Gasteiger partial charge on any atom is -0.378 e. The molecule has 7 nitrogen and oxygen atoms in total. The highest BCUT2D eigenvalue weighted by atomic mass is 35.5. The molecular formula is C25H26ClN5O2S. The molecule has 1 amide bonds. The zero-order chi connectivity index (χ0) is 23.5. The maximum Gasteiger partial charge on any atom is 0.222 e.